The predicted molar refractivity (Wildman–Crippen MR) is 79.7 cm³/mol. The van der Waals surface area contributed by atoms with Gasteiger partial charge >= 0.3 is 6.03 Å². The molecular weight excluding hydrogens is 260 g/mol. The molecule has 2 atom stereocenters. The molecule has 0 spiro atoms. The Hall–Kier alpha value is -1.07. The minimum Gasteiger partial charge on any atom is -0.396 e. The molecule has 0 unspecified atom stereocenters. The Balaban J connectivity index is 2.39. The van der Waals surface area contributed by atoms with Crippen LogP contribution in [0.1, 0.15) is 45.1 Å². The smallest absolute Gasteiger partial charge is 0.315 e. The van der Waals surface area contributed by atoms with Gasteiger partial charge < -0.3 is 15.7 Å². The Morgan fingerprint density at radius 1 is 1.58 bits per heavy atom. The summed E-state index contributed by atoms with van der Waals surface area (Å²) in [5.74, 6) is 0.308. The summed E-state index contributed by atoms with van der Waals surface area (Å²) in [7, 11) is 0. The standard InChI is InChI=1S/C14H24N2O2S/c1-4-14(3,6-7-17)16-13(18)15-9-11(2)12-5-8-19-10-12/h5,8,10-11,17H,4,6-7,9H2,1-3H3,(H2,15,16,18)/t11-,14-/m0/s1. The third-order valence-electron chi connectivity index (χ3n) is 3.54. The summed E-state index contributed by atoms with van der Waals surface area (Å²) >= 11 is 1.67. The van der Waals surface area contributed by atoms with Crippen LogP contribution in [0.4, 0.5) is 4.79 Å². The van der Waals surface area contributed by atoms with Crippen molar-refractivity contribution in [3.8, 4) is 0 Å². The van der Waals surface area contributed by atoms with Crippen molar-refractivity contribution < 1.29 is 9.90 Å². The van der Waals surface area contributed by atoms with Crippen molar-refractivity contribution in [2.24, 2.45) is 0 Å². The van der Waals surface area contributed by atoms with Crippen LogP contribution < -0.4 is 10.6 Å². The first-order chi connectivity index (χ1) is 9.00. The molecule has 0 aliphatic rings. The molecule has 0 fully saturated rings. The molecule has 5 heteroatoms. The number of rotatable bonds is 7. The first kappa shape index (κ1) is 16.0. The van der Waals surface area contributed by atoms with Crippen molar-refractivity contribution in [2.75, 3.05) is 13.2 Å². The average molecular weight is 284 g/mol. The topological polar surface area (TPSA) is 61.4 Å². The lowest BCUT2D eigenvalue weighted by Gasteiger charge is -2.29. The molecule has 0 saturated carbocycles. The van der Waals surface area contributed by atoms with Gasteiger partial charge in [0.1, 0.15) is 0 Å². The van der Waals surface area contributed by atoms with Crippen LogP contribution in [0.5, 0.6) is 0 Å². The van der Waals surface area contributed by atoms with Gasteiger partial charge in [-0.2, -0.15) is 11.3 Å². The van der Waals surface area contributed by atoms with E-state index in [-0.39, 0.29) is 18.2 Å². The molecule has 108 valence electrons. The second kappa shape index (κ2) is 7.50. The van der Waals surface area contributed by atoms with Crippen LogP contribution in [0.25, 0.3) is 0 Å². The monoisotopic (exact) mass is 284 g/mol. The molecular formula is C14H24N2O2S. The Kier molecular flexibility index (Phi) is 6.31. The van der Waals surface area contributed by atoms with E-state index < -0.39 is 0 Å². The zero-order valence-corrected chi connectivity index (χ0v) is 12.7. The molecule has 0 aliphatic heterocycles. The van der Waals surface area contributed by atoms with Crippen LogP contribution in [0.3, 0.4) is 0 Å². The van der Waals surface area contributed by atoms with Crippen LogP contribution in [-0.2, 0) is 0 Å². The summed E-state index contributed by atoms with van der Waals surface area (Å²) in [4.78, 5) is 11.9. The summed E-state index contributed by atoms with van der Waals surface area (Å²) < 4.78 is 0. The molecule has 3 N–H and O–H groups in total. The fourth-order valence-electron chi connectivity index (χ4n) is 1.81. The van der Waals surface area contributed by atoms with Gasteiger partial charge in [0, 0.05) is 18.7 Å². The maximum atomic E-state index is 11.9. The van der Waals surface area contributed by atoms with Crippen LogP contribution >= 0.6 is 11.3 Å². The van der Waals surface area contributed by atoms with E-state index in [1.807, 2.05) is 19.2 Å². The number of aliphatic hydroxyl groups excluding tert-OH is 1. The lowest BCUT2D eigenvalue weighted by atomic mass is 9.95. The number of carbonyl (C=O) groups is 1. The zero-order chi connectivity index (χ0) is 14.3. The van der Waals surface area contributed by atoms with Gasteiger partial charge in [-0.15, -0.1) is 0 Å². The van der Waals surface area contributed by atoms with Gasteiger partial charge in [-0.05, 0) is 48.1 Å². The van der Waals surface area contributed by atoms with Crippen molar-refractivity contribution in [3.63, 3.8) is 0 Å². The Morgan fingerprint density at radius 3 is 2.84 bits per heavy atom. The second-order valence-electron chi connectivity index (χ2n) is 5.18. The Bertz CT molecular complexity index is 381. The van der Waals surface area contributed by atoms with E-state index in [4.69, 9.17) is 5.11 Å². The first-order valence-electron chi connectivity index (χ1n) is 6.69. The highest BCUT2D eigenvalue weighted by atomic mass is 32.1. The molecule has 19 heavy (non-hydrogen) atoms. The zero-order valence-electron chi connectivity index (χ0n) is 11.9. The number of thiophene rings is 1. The minimum atomic E-state index is -0.343. The van der Waals surface area contributed by atoms with Crippen LogP contribution in [0.15, 0.2) is 16.8 Å². The minimum absolute atomic E-state index is 0.0793. The van der Waals surface area contributed by atoms with Crippen molar-refractivity contribution in [1.82, 2.24) is 10.6 Å². The summed E-state index contributed by atoms with van der Waals surface area (Å²) in [6.07, 6.45) is 1.36. The van der Waals surface area contributed by atoms with E-state index in [1.54, 1.807) is 11.3 Å². The highest BCUT2D eigenvalue weighted by molar-refractivity contribution is 7.07. The summed E-state index contributed by atoms with van der Waals surface area (Å²) in [5, 5.41) is 19.0. The van der Waals surface area contributed by atoms with Crippen LogP contribution in [0, 0.1) is 0 Å². The lowest BCUT2D eigenvalue weighted by molar-refractivity contribution is 0.200. The molecule has 2 amide bonds. The van der Waals surface area contributed by atoms with E-state index in [1.165, 1.54) is 5.56 Å². The summed E-state index contributed by atoms with van der Waals surface area (Å²) in [6, 6.07) is 1.91. The highest BCUT2D eigenvalue weighted by Gasteiger charge is 2.23. The van der Waals surface area contributed by atoms with Gasteiger partial charge in [0.15, 0.2) is 0 Å². The van der Waals surface area contributed by atoms with Gasteiger partial charge in [-0.1, -0.05) is 13.8 Å². The molecule has 1 rings (SSSR count). The average Bonchev–Trinajstić information content (AvgIpc) is 2.90. The van der Waals surface area contributed by atoms with Crippen LogP contribution in [-0.4, -0.2) is 29.8 Å². The third kappa shape index (κ3) is 5.20. The van der Waals surface area contributed by atoms with E-state index in [0.717, 1.165) is 6.42 Å². The molecule has 0 saturated heterocycles. The molecule has 1 aromatic heterocycles. The van der Waals surface area contributed by atoms with Gasteiger partial charge in [0.25, 0.3) is 0 Å². The van der Waals surface area contributed by atoms with Gasteiger partial charge in [-0.25, -0.2) is 4.79 Å². The molecule has 1 heterocycles. The maximum absolute atomic E-state index is 11.9. The molecule has 0 radical (unpaired) electrons. The SMILES string of the molecule is CC[C@@](C)(CCO)NC(=O)NC[C@H](C)c1ccsc1. The van der Waals surface area contributed by atoms with Gasteiger partial charge in [-0.3, -0.25) is 0 Å². The quantitative estimate of drug-likeness (QED) is 0.721. The van der Waals surface area contributed by atoms with E-state index in [0.29, 0.717) is 18.9 Å². The fourth-order valence-corrected chi connectivity index (χ4v) is 2.59. The molecule has 0 bridgehead atoms. The predicted octanol–water partition coefficient (Wildman–Crippen LogP) is 2.70. The highest BCUT2D eigenvalue weighted by Crippen LogP contribution is 2.17. The number of amides is 2. The van der Waals surface area contributed by atoms with E-state index >= 15 is 0 Å². The normalized spacial score (nSPS) is 15.6. The van der Waals surface area contributed by atoms with Gasteiger partial charge in [0.05, 0.1) is 0 Å². The molecule has 4 nitrogen and oxygen atoms in total. The Morgan fingerprint density at radius 2 is 2.32 bits per heavy atom. The molecule has 1 aromatic rings. The first-order valence-corrected chi connectivity index (χ1v) is 7.64. The second-order valence-corrected chi connectivity index (χ2v) is 5.96. The van der Waals surface area contributed by atoms with Crippen molar-refractivity contribution >= 4 is 17.4 Å². The number of aliphatic hydroxyl groups is 1. The summed E-state index contributed by atoms with van der Waals surface area (Å²) in [6.45, 7) is 6.74. The van der Waals surface area contributed by atoms with Crippen molar-refractivity contribution in [3.05, 3.63) is 22.4 Å². The fraction of sp³-hybridized carbons (Fsp3) is 0.643. The number of nitrogens with one attached hydrogen (secondary N) is 2. The van der Waals surface area contributed by atoms with Crippen molar-refractivity contribution in [1.29, 1.82) is 0 Å². The summed E-state index contributed by atoms with van der Waals surface area (Å²) in [5.41, 5.74) is 0.906. The lowest BCUT2D eigenvalue weighted by Crippen LogP contribution is -2.50. The van der Waals surface area contributed by atoms with Crippen LogP contribution in [0.2, 0.25) is 0 Å². The number of carbonyl (C=O) groups excluding carboxylic acids is 1. The number of urea groups is 1. The van der Waals surface area contributed by atoms with E-state index in [2.05, 4.69) is 29.0 Å². The Labute approximate surface area is 119 Å². The van der Waals surface area contributed by atoms with E-state index in [9.17, 15) is 4.79 Å². The number of hydrogen-bond acceptors (Lipinski definition) is 3. The number of hydrogen-bond donors (Lipinski definition) is 3. The van der Waals surface area contributed by atoms with Gasteiger partial charge in [0.2, 0.25) is 0 Å². The third-order valence-corrected chi connectivity index (χ3v) is 4.24. The molecule has 0 aromatic carbocycles. The maximum Gasteiger partial charge on any atom is 0.315 e. The molecule has 0 aliphatic carbocycles. The largest absolute Gasteiger partial charge is 0.396 e. The van der Waals surface area contributed by atoms with Crippen molar-refractivity contribution in [2.45, 2.75) is 45.1 Å².